The van der Waals surface area contributed by atoms with E-state index in [1.54, 1.807) is 0 Å². The van der Waals surface area contributed by atoms with Crippen LogP contribution in [-0.4, -0.2) is 55.6 Å². The maximum absolute atomic E-state index is 8.92. The molecule has 100 valence electrons. The summed E-state index contributed by atoms with van der Waals surface area (Å²) in [6.07, 6.45) is 0.0777. The molecule has 0 aromatic heterocycles. The number of benzene rings is 1. The van der Waals surface area contributed by atoms with Gasteiger partial charge in [-0.2, -0.15) is 0 Å². The van der Waals surface area contributed by atoms with Gasteiger partial charge in [0.05, 0.1) is 13.2 Å². The first-order valence-corrected chi connectivity index (χ1v) is 6.90. The van der Waals surface area contributed by atoms with Crippen molar-refractivity contribution in [3.8, 4) is 5.75 Å². The maximum atomic E-state index is 8.92. The summed E-state index contributed by atoms with van der Waals surface area (Å²) in [5.74, 6) is 0.848. The highest BCUT2D eigenvalue weighted by Gasteiger charge is 2.20. The van der Waals surface area contributed by atoms with E-state index in [0.717, 1.165) is 23.3 Å². The summed E-state index contributed by atoms with van der Waals surface area (Å²) in [6, 6.07) is 7.76. The zero-order valence-corrected chi connectivity index (χ0v) is 11.8. The second-order valence-corrected chi connectivity index (χ2v) is 5.20. The molecule has 4 nitrogen and oxygen atoms in total. The Bertz CT molecular complexity index is 356. The highest BCUT2D eigenvalue weighted by atomic mass is 79.9. The van der Waals surface area contributed by atoms with E-state index >= 15 is 0 Å². The molecule has 0 radical (unpaired) electrons. The smallest absolute Gasteiger partial charge is 0.119 e. The van der Waals surface area contributed by atoms with Gasteiger partial charge in [0.1, 0.15) is 18.5 Å². The number of β-amino-alcohol motifs (C(OH)–C–C–N with tert-alkyl or cyclic N) is 1. The van der Waals surface area contributed by atoms with Gasteiger partial charge in [-0.1, -0.05) is 15.9 Å². The molecule has 0 unspecified atom stereocenters. The van der Waals surface area contributed by atoms with Gasteiger partial charge in [-0.25, -0.2) is 0 Å². The quantitative estimate of drug-likeness (QED) is 0.894. The van der Waals surface area contributed by atoms with Gasteiger partial charge in [0.15, 0.2) is 0 Å². The van der Waals surface area contributed by atoms with Crippen molar-refractivity contribution in [2.24, 2.45) is 0 Å². The molecule has 0 amide bonds. The third-order valence-electron chi connectivity index (χ3n) is 2.89. The van der Waals surface area contributed by atoms with Crippen molar-refractivity contribution < 1.29 is 14.6 Å². The van der Waals surface area contributed by atoms with Crippen LogP contribution in [0.25, 0.3) is 0 Å². The third kappa shape index (κ3) is 4.24. The van der Waals surface area contributed by atoms with Crippen molar-refractivity contribution in [2.75, 3.05) is 39.5 Å². The SMILES string of the molecule is OCCN1CCO[C@H](COc2ccc(Br)cc2)C1. The first-order chi connectivity index (χ1) is 8.78. The van der Waals surface area contributed by atoms with Gasteiger partial charge >= 0.3 is 0 Å². The van der Waals surface area contributed by atoms with Crippen LogP contribution in [0.4, 0.5) is 0 Å². The van der Waals surface area contributed by atoms with Crippen LogP contribution in [0.5, 0.6) is 5.75 Å². The zero-order valence-electron chi connectivity index (χ0n) is 10.2. The molecule has 0 aliphatic carbocycles. The van der Waals surface area contributed by atoms with Crippen molar-refractivity contribution in [3.05, 3.63) is 28.7 Å². The molecule has 1 fully saturated rings. The van der Waals surface area contributed by atoms with Crippen LogP contribution in [0.2, 0.25) is 0 Å². The first kappa shape index (κ1) is 13.8. The summed E-state index contributed by atoms with van der Waals surface area (Å²) >= 11 is 3.39. The average Bonchev–Trinajstić information content (AvgIpc) is 2.39. The Labute approximate surface area is 116 Å². The molecule has 0 saturated carbocycles. The Morgan fingerprint density at radius 2 is 2.17 bits per heavy atom. The number of aliphatic hydroxyl groups excluding tert-OH is 1. The van der Waals surface area contributed by atoms with Gasteiger partial charge in [-0.3, -0.25) is 4.90 Å². The van der Waals surface area contributed by atoms with E-state index in [1.165, 1.54) is 0 Å². The number of halogens is 1. The summed E-state index contributed by atoms with van der Waals surface area (Å²) in [6.45, 7) is 3.85. The van der Waals surface area contributed by atoms with Crippen molar-refractivity contribution in [2.45, 2.75) is 6.10 Å². The van der Waals surface area contributed by atoms with Crippen molar-refractivity contribution >= 4 is 15.9 Å². The van der Waals surface area contributed by atoms with Crippen molar-refractivity contribution in [1.82, 2.24) is 4.90 Å². The topological polar surface area (TPSA) is 41.9 Å². The summed E-state index contributed by atoms with van der Waals surface area (Å²) < 4.78 is 12.4. The molecule has 1 N–H and O–H groups in total. The molecule has 1 aliphatic heterocycles. The predicted molar refractivity (Wildman–Crippen MR) is 72.9 cm³/mol. The standard InChI is InChI=1S/C13H18BrNO3/c14-11-1-3-12(4-2-11)18-10-13-9-15(5-7-16)6-8-17-13/h1-4,13,16H,5-10H2/t13-/m0/s1. The summed E-state index contributed by atoms with van der Waals surface area (Å²) in [7, 11) is 0. The van der Waals surface area contributed by atoms with Crippen LogP contribution >= 0.6 is 15.9 Å². The largest absolute Gasteiger partial charge is 0.491 e. The van der Waals surface area contributed by atoms with Crippen LogP contribution in [-0.2, 0) is 4.74 Å². The molecule has 5 heteroatoms. The molecule has 1 aromatic carbocycles. The number of nitrogens with zero attached hydrogens (tertiary/aromatic N) is 1. The first-order valence-electron chi connectivity index (χ1n) is 6.11. The normalized spacial score (nSPS) is 20.9. The van der Waals surface area contributed by atoms with Gasteiger partial charge in [-0.05, 0) is 24.3 Å². The number of aliphatic hydroxyl groups is 1. The van der Waals surface area contributed by atoms with E-state index in [1.807, 2.05) is 24.3 Å². The van der Waals surface area contributed by atoms with E-state index in [4.69, 9.17) is 14.6 Å². The highest BCUT2D eigenvalue weighted by Crippen LogP contribution is 2.17. The summed E-state index contributed by atoms with van der Waals surface area (Å²) in [5, 5.41) is 8.92. The minimum atomic E-state index is 0.0777. The van der Waals surface area contributed by atoms with E-state index in [-0.39, 0.29) is 12.7 Å². The van der Waals surface area contributed by atoms with Crippen LogP contribution in [0.15, 0.2) is 28.7 Å². The second kappa shape index (κ2) is 7.09. The van der Waals surface area contributed by atoms with E-state index in [9.17, 15) is 0 Å². The van der Waals surface area contributed by atoms with Crippen LogP contribution < -0.4 is 4.74 Å². The minimum Gasteiger partial charge on any atom is -0.491 e. The van der Waals surface area contributed by atoms with E-state index < -0.39 is 0 Å². The van der Waals surface area contributed by atoms with Gasteiger partial charge < -0.3 is 14.6 Å². The number of rotatable bonds is 5. The Morgan fingerprint density at radius 3 is 2.89 bits per heavy atom. The Morgan fingerprint density at radius 1 is 1.39 bits per heavy atom. The van der Waals surface area contributed by atoms with Crippen molar-refractivity contribution in [3.63, 3.8) is 0 Å². The van der Waals surface area contributed by atoms with Crippen LogP contribution in [0.3, 0.4) is 0 Å². The van der Waals surface area contributed by atoms with Crippen LogP contribution in [0.1, 0.15) is 0 Å². The molecule has 1 heterocycles. The molecule has 2 rings (SSSR count). The van der Waals surface area contributed by atoms with Crippen LogP contribution in [0, 0.1) is 0 Å². The fourth-order valence-electron chi connectivity index (χ4n) is 1.95. The minimum absolute atomic E-state index is 0.0777. The Balaban J connectivity index is 1.77. The van der Waals surface area contributed by atoms with E-state index in [0.29, 0.717) is 19.8 Å². The number of morpholine rings is 1. The lowest BCUT2D eigenvalue weighted by molar-refractivity contribution is -0.0508. The molecule has 1 aromatic rings. The monoisotopic (exact) mass is 315 g/mol. The third-order valence-corrected chi connectivity index (χ3v) is 3.42. The lowest BCUT2D eigenvalue weighted by Crippen LogP contribution is -2.45. The zero-order chi connectivity index (χ0) is 12.8. The second-order valence-electron chi connectivity index (χ2n) is 4.28. The van der Waals surface area contributed by atoms with E-state index in [2.05, 4.69) is 20.8 Å². The molecular formula is C13H18BrNO3. The average molecular weight is 316 g/mol. The number of hydrogen-bond acceptors (Lipinski definition) is 4. The fraction of sp³-hybridized carbons (Fsp3) is 0.538. The molecule has 1 saturated heterocycles. The lowest BCUT2D eigenvalue weighted by atomic mass is 10.3. The molecule has 0 spiro atoms. The molecule has 1 aliphatic rings. The van der Waals surface area contributed by atoms with Gasteiger partial charge in [0, 0.05) is 24.1 Å². The van der Waals surface area contributed by atoms with Gasteiger partial charge in [-0.15, -0.1) is 0 Å². The van der Waals surface area contributed by atoms with Crippen molar-refractivity contribution in [1.29, 1.82) is 0 Å². The number of ether oxygens (including phenoxy) is 2. The lowest BCUT2D eigenvalue weighted by Gasteiger charge is -2.32. The Hall–Kier alpha value is -0.620. The number of hydrogen-bond donors (Lipinski definition) is 1. The predicted octanol–water partition coefficient (Wildman–Crippen LogP) is 1.52. The molecular weight excluding hydrogens is 298 g/mol. The summed E-state index contributed by atoms with van der Waals surface area (Å²) in [5.41, 5.74) is 0. The summed E-state index contributed by atoms with van der Waals surface area (Å²) in [4.78, 5) is 2.19. The highest BCUT2D eigenvalue weighted by molar-refractivity contribution is 9.10. The molecule has 0 bridgehead atoms. The fourth-order valence-corrected chi connectivity index (χ4v) is 2.21. The molecule has 1 atom stereocenters. The molecule has 18 heavy (non-hydrogen) atoms. The maximum Gasteiger partial charge on any atom is 0.119 e. The van der Waals surface area contributed by atoms with Gasteiger partial charge in [0.25, 0.3) is 0 Å². The Kier molecular flexibility index (Phi) is 5.44. The van der Waals surface area contributed by atoms with Gasteiger partial charge in [0.2, 0.25) is 0 Å².